The van der Waals surface area contributed by atoms with E-state index in [1.807, 2.05) is 66.7 Å². The van der Waals surface area contributed by atoms with Gasteiger partial charge in [-0.1, -0.05) is 66.7 Å². The number of hydrogen-bond donors (Lipinski definition) is 5. The monoisotopic (exact) mass is 759 g/mol. The fourth-order valence-electron chi connectivity index (χ4n) is 7.99. The van der Waals surface area contributed by atoms with Gasteiger partial charge in [-0.15, -0.1) is 0 Å². The minimum Gasteiger partial charge on any atom is -0.506 e. The molecule has 12 nitrogen and oxygen atoms in total. The number of nitrogens with zero attached hydrogens (tertiary/aromatic N) is 2. The Balaban J connectivity index is 0.774. The first-order valence-corrected chi connectivity index (χ1v) is 19.2. The van der Waals surface area contributed by atoms with Gasteiger partial charge in [0.15, 0.2) is 0 Å². The van der Waals surface area contributed by atoms with Crippen molar-refractivity contribution in [1.82, 2.24) is 20.1 Å². The lowest BCUT2D eigenvalue weighted by molar-refractivity contribution is -0.130. The van der Waals surface area contributed by atoms with E-state index in [2.05, 4.69) is 32.7 Å². The van der Waals surface area contributed by atoms with Crippen LogP contribution < -0.4 is 20.9 Å². The van der Waals surface area contributed by atoms with E-state index in [9.17, 15) is 24.6 Å². The Morgan fingerprint density at radius 2 is 1.66 bits per heavy atom. The van der Waals surface area contributed by atoms with Crippen LogP contribution in [0.15, 0.2) is 108 Å². The number of H-pyrrole nitrogens is 1. The topological polar surface area (TPSA) is 156 Å². The van der Waals surface area contributed by atoms with Crippen molar-refractivity contribution in [2.24, 2.45) is 11.8 Å². The van der Waals surface area contributed by atoms with Crippen LogP contribution in [-0.4, -0.2) is 89.5 Å². The summed E-state index contributed by atoms with van der Waals surface area (Å²) in [5, 5.41) is 27.5. The van der Waals surface area contributed by atoms with Gasteiger partial charge in [-0.05, 0) is 71.7 Å². The summed E-state index contributed by atoms with van der Waals surface area (Å²) in [4.78, 5) is 44.0. The van der Waals surface area contributed by atoms with E-state index in [0.29, 0.717) is 41.6 Å². The summed E-state index contributed by atoms with van der Waals surface area (Å²) in [6.45, 7) is 4.23. The van der Waals surface area contributed by atoms with Crippen LogP contribution >= 0.6 is 0 Å². The van der Waals surface area contributed by atoms with E-state index in [-0.39, 0.29) is 48.4 Å². The third-order valence-electron chi connectivity index (χ3n) is 10.9. The second kappa shape index (κ2) is 17.8. The number of nitrogens with one attached hydrogen (secondary N) is 3. The van der Waals surface area contributed by atoms with Crippen molar-refractivity contribution in [3.8, 4) is 22.6 Å². The number of rotatable bonds is 15. The minimum atomic E-state index is -0.871. The van der Waals surface area contributed by atoms with Crippen LogP contribution in [-0.2, 0) is 16.1 Å². The van der Waals surface area contributed by atoms with E-state index >= 15 is 0 Å². The number of amides is 2. The number of ether oxygens (including phenoxy) is 2. The lowest BCUT2D eigenvalue weighted by Crippen LogP contribution is -2.35. The van der Waals surface area contributed by atoms with Crippen molar-refractivity contribution in [3.05, 3.63) is 125 Å². The molecule has 1 saturated heterocycles. The number of benzene rings is 4. The fourth-order valence-corrected chi connectivity index (χ4v) is 7.99. The molecule has 1 aliphatic heterocycles. The van der Waals surface area contributed by atoms with Crippen molar-refractivity contribution >= 4 is 28.6 Å². The molecule has 292 valence electrons. The molecule has 4 atom stereocenters. The Kier molecular flexibility index (Phi) is 12.3. The first kappa shape index (κ1) is 38.6. The molecule has 2 aliphatic rings. The zero-order valence-electron chi connectivity index (χ0n) is 31.5. The number of aliphatic hydroxyl groups excluding tert-OH is 1. The van der Waals surface area contributed by atoms with E-state index in [0.717, 1.165) is 49.3 Å². The number of phenols is 1. The molecule has 1 aliphatic carbocycles. The van der Waals surface area contributed by atoms with Crippen LogP contribution in [0.25, 0.3) is 22.0 Å². The van der Waals surface area contributed by atoms with Crippen molar-refractivity contribution < 1.29 is 29.3 Å². The summed E-state index contributed by atoms with van der Waals surface area (Å²) in [7, 11) is 1.74. The predicted molar refractivity (Wildman–Crippen MR) is 216 cm³/mol. The SMILES string of the molecule is CN(CCNC[C@H](O)c1ccc(O)c2[nH]c(=O)ccc12)C(=O)CCOc1ccc(CN2C[C@H]3C[C@H](OC(=O)Nc4ccccc4-c4ccccc4)C[C@H]3C2)cc1. The molecule has 12 heteroatoms. The van der Waals surface area contributed by atoms with Gasteiger partial charge >= 0.3 is 6.09 Å². The highest BCUT2D eigenvalue weighted by molar-refractivity contribution is 5.91. The van der Waals surface area contributed by atoms with Gasteiger partial charge in [-0.2, -0.15) is 0 Å². The molecule has 5 aromatic rings. The number of likely N-dealkylation sites (N-methyl/N-ethyl adjacent to an activating group) is 1. The number of carbonyl (C=O) groups is 2. The number of carbonyl (C=O) groups excluding carboxylic acids is 2. The molecule has 1 saturated carbocycles. The largest absolute Gasteiger partial charge is 0.506 e. The molecule has 4 aromatic carbocycles. The molecule has 1 aromatic heterocycles. The smallest absolute Gasteiger partial charge is 0.411 e. The van der Waals surface area contributed by atoms with Crippen molar-refractivity contribution in [3.63, 3.8) is 0 Å². The molecule has 0 spiro atoms. The maximum Gasteiger partial charge on any atom is 0.411 e. The first-order chi connectivity index (χ1) is 27.2. The number of likely N-dealkylation sites (tertiary alicyclic amines) is 1. The van der Waals surface area contributed by atoms with Crippen molar-refractivity contribution in [2.45, 2.75) is 38.0 Å². The van der Waals surface area contributed by atoms with Gasteiger partial charge in [-0.3, -0.25) is 19.8 Å². The number of fused-ring (bicyclic) bond motifs is 2. The molecule has 7 rings (SSSR count). The zero-order valence-corrected chi connectivity index (χ0v) is 31.5. The van der Waals surface area contributed by atoms with Gasteiger partial charge in [0, 0.05) is 63.3 Å². The molecule has 2 heterocycles. The number of pyridine rings is 1. The second-order valence-corrected chi connectivity index (χ2v) is 14.8. The highest BCUT2D eigenvalue weighted by atomic mass is 16.6. The summed E-state index contributed by atoms with van der Waals surface area (Å²) in [5.74, 6) is 1.62. The van der Waals surface area contributed by atoms with Gasteiger partial charge in [-0.25, -0.2) is 4.79 Å². The Morgan fingerprint density at radius 3 is 2.43 bits per heavy atom. The van der Waals surface area contributed by atoms with Crippen LogP contribution in [0.4, 0.5) is 10.5 Å². The third kappa shape index (κ3) is 9.57. The molecule has 2 fully saturated rings. The Morgan fingerprint density at radius 1 is 0.929 bits per heavy atom. The van der Waals surface area contributed by atoms with Crippen molar-refractivity contribution in [2.75, 3.05) is 51.7 Å². The van der Waals surface area contributed by atoms with Crippen LogP contribution in [0.2, 0.25) is 0 Å². The zero-order chi connectivity index (χ0) is 39.0. The molecule has 5 N–H and O–H groups in total. The van der Waals surface area contributed by atoms with Gasteiger partial charge < -0.3 is 34.9 Å². The normalized spacial score (nSPS) is 18.4. The molecular weight excluding hydrogens is 711 g/mol. The quantitative estimate of drug-likeness (QED) is 0.0820. The third-order valence-corrected chi connectivity index (χ3v) is 10.9. The maximum atomic E-state index is 12.9. The molecule has 0 bridgehead atoms. The average molecular weight is 760 g/mol. The number of phenolic OH excluding ortho intramolecular Hbond substituents is 1. The highest BCUT2D eigenvalue weighted by Crippen LogP contribution is 2.40. The van der Waals surface area contributed by atoms with Crippen LogP contribution in [0.1, 0.15) is 36.5 Å². The van der Waals surface area contributed by atoms with Crippen LogP contribution in [0.3, 0.4) is 0 Å². The number of aromatic nitrogens is 1. The molecular formula is C44H49N5O7. The van der Waals surface area contributed by atoms with E-state index in [1.165, 1.54) is 17.7 Å². The first-order valence-electron chi connectivity index (χ1n) is 19.2. The average Bonchev–Trinajstić information content (AvgIpc) is 3.75. The van der Waals surface area contributed by atoms with E-state index in [1.54, 1.807) is 24.1 Å². The van der Waals surface area contributed by atoms with Gasteiger partial charge in [0.25, 0.3) is 0 Å². The maximum absolute atomic E-state index is 12.9. The highest BCUT2D eigenvalue weighted by Gasteiger charge is 2.42. The fraction of sp³-hybridized carbons (Fsp3) is 0.341. The van der Waals surface area contributed by atoms with Gasteiger partial charge in [0.2, 0.25) is 11.5 Å². The van der Waals surface area contributed by atoms with E-state index < -0.39 is 12.2 Å². The number of anilines is 1. The number of aromatic hydroxyl groups is 1. The standard InChI is InChI=1S/C44H49N5O7/c1-48(21-20-45-25-40(51)36-15-17-39(50)43-37(36)16-18-41(52)47-43)42(53)19-22-55-33-13-11-29(12-14-33)26-49-27-31-23-34(24-32(31)28-49)56-44(54)46-38-10-6-5-9-35(38)30-7-3-2-4-8-30/h2-18,31-32,34,40,45,50-51H,19-28H2,1H3,(H,46,54)(H,47,52)/t31-,32+,34+,40-/m0/s1. The lowest BCUT2D eigenvalue weighted by atomic mass is 10.0. The van der Waals surface area contributed by atoms with Crippen LogP contribution in [0.5, 0.6) is 11.5 Å². The van der Waals surface area contributed by atoms with Crippen molar-refractivity contribution in [1.29, 1.82) is 0 Å². The Bertz CT molecular complexity index is 2160. The number of aromatic amines is 1. The summed E-state index contributed by atoms with van der Waals surface area (Å²) >= 11 is 0. The van der Waals surface area contributed by atoms with Gasteiger partial charge in [0.05, 0.1) is 30.3 Å². The Hall–Kier alpha value is -5.69. The summed E-state index contributed by atoms with van der Waals surface area (Å²) in [5.41, 5.74) is 4.48. The van der Waals surface area contributed by atoms with Gasteiger partial charge in [0.1, 0.15) is 17.6 Å². The Labute approximate surface area is 326 Å². The molecule has 0 unspecified atom stereocenters. The number of para-hydroxylation sites is 1. The number of hydrogen-bond acceptors (Lipinski definition) is 9. The molecule has 56 heavy (non-hydrogen) atoms. The predicted octanol–water partition coefficient (Wildman–Crippen LogP) is 5.91. The molecule has 0 radical (unpaired) electrons. The summed E-state index contributed by atoms with van der Waals surface area (Å²) in [6, 6.07) is 31.8. The second-order valence-electron chi connectivity index (χ2n) is 14.8. The van der Waals surface area contributed by atoms with Crippen LogP contribution in [0, 0.1) is 11.8 Å². The number of aliphatic hydroxyl groups is 1. The minimum absolute atomic E-state index is 0.0429. The molecule has 2 amide bonds. The van der Waals surface area contributed by atoms with E-state index in [4.69, 9.17) is 9.47 Å². The summed E-state index contributed by atoms with van der Waals surface area (Å²) < 4.78 is 11.8. The summed E-state index contributed by atoms with van der Waals surface area (Å²) in [6.07, 6.45) is 0.632. The lowest BCUT2D eigenvalue weighted by Gasteiger charge is -2.20.